The number of hydrogen-bond donors (Lipinski definition) is 2. The summed E-state index contributed by atoms with van der Waals surface area (Å²) in [6.07, 6.45) is 3.35. The van der Waals surface area contributed by atoms with Crippen molar-refractivity contribution in [2.75, 3.05) is 5.32 Å². The average molecular weight is 377 g/mol. The molecule has 0 fully saturated rings. The minimum absolute atomic E-state index is 0.0190. The summed E-state index contributed by atoms with van der Waals surface area (Å²) in [5.41, 5.74) is 2.53. The number of carbonyl (C=O) groups is 1. The Labute approximate surface area is 153 Å². The number of amides is 1. The van der Waals surface area contributed by atoms with Gasteiger partial charge in [-0.3, -0.25) is 14.9 Å². The number of hydrogen-bond acceptors (Lipinski definition) is 3. The van der Waals surface area contributed by atoms with E-state index >= 15 is 0 Å². The molecule has 8 heteroatoms. The number of aromatic amines is 1. The van der Waals surface area contributed by atoms with E-state index < -0.39 is 11.6 Å². The van der Waals surface area contributed by atoms with Crippen LogP contribution < -0.4 is 5.32 Å². The zero-order valence-electron chi connectivity index (χ0n) is 13.8. The van der Waals surface area contributed by atoms with Gasteiger partial charge in [0, 0.05) is 29.9 Å². The minimum atomic E-state index is -0.714. The van der Waals surface area contributed by atoms with Crippen LogP contribution in [0.2, 0.25) is 5.02 Å². The number of nitrogens with zero attached hydrogens (tertiary/aromatic N) is 2. The maximum atomic E-state index is 13.8. The van der Waals surface area contributed by atoms with Crippen molar-refractivity contribution < 1.29 is 13.6 Å². The van der Waals surface area contributed by atoms with Gasteiger partial charge in [-0.15, -0.1) is 0 Å². The standard InChI is InChI=1S/C18H15ClF2N4O/c1-10-17(11-4-6-22-7-5-11)24-25-18(10)23-16(26)3-2-12-8-15(21)13(19)9-14(12)20/h4-9H,2-3H2,1H3,(H2,23,24,25,26). The Hall–Kier alpha value is -2.80. The Morgan fingerprint density at radius 3 is 2.69 bits per heavy atom. The van der Waals surface area contributed by atoms with Gasteiger partial charge in [0.05, 0.1) is 10.7 Å². The summed E-state index contributed by atoms with van der Waals surface area (Å²) in [4.78, 5) is 16.1. The first kappa shape index (κ1) is 18.0. The zero-order valence-corrected chi connectivity index (χ0v) is 14.6. The predicted octanol–water partition coefficient (Wildman–Crippen LogP) is 4.28. The molecule has 3 rings (SSSR count). The van der Waals surface area contributed by atoms with Gasteiger partial charge in [0.15, 0.2) is 5.82 Å². The highest BCUT2D eigenvalue weighted by molar-refractivity contribution is 6.30. The van der Waals surface area contributed by atoms with E-state index in [4.69, 9.17) is 11.6 Å². The molecular formula is C18H15ClF2N4O. The number of aryl methyl sites for hydroxylation is 1. The molecule has 0 radical (unpaired) electrons. The molecule has 3 aromatic rings. The number of carbonyl (C=O) groups excluding carboxylic acids is 1. The van der Waals surface area contributed by atoms with E-state index in [-0.39, 0.29) is 29.3 Å². The highest BCUT2D eigenvalue weighted by atomic mass is 35.5. The molecule has 5 nitrogen and oxygen atoms in total. The van der Waals surface area contributed by atoms with Gasteiger partial charge in [-0.1, -0.05) is 11.6 Å². The number of pyridine rings is 1. The van der Waals surface area contributed by atoms with Gasteiger partial charge in [0.25, 0.3) is 0 Å². The molecule has 1 aromatic carbocycles. The van der Waals surface area contributed by atoms with Crippen molar-refractivity contribution in [1.82, 2.24) is 15.2 Å². The van der Waals surface area contributed by atoms with Gasteiger partial charge in [-0.05, 0) is 43.2 Å². The highest BCUT2D eigenvalue weighted by Crippen LogP contribution is 2.25. The van der Waals surface area contributed by atoms with Crippen LogP contribution in [0.5, 0.6) is 0 Å². The monoisotopic (exact) mass is 376 g/mol. The summed E-state index contributed by atoms with van der Waals surface area (Å²) < 4.78 is 27.2. The second kappa shape index (κ2) is 7.61. The second-order valence-corrected chi connectivity index (χ2v) is 6.12. The third-order valence-corrected chi connectivity index (χ3v) is 4.24. The van der Waals surface area contributed by atoms with Crippen LogP contribution in [0.1, 0.15) is 17.5 Å². The number of benzene rings is 1. The maximum Gasteiger partial charge on any atom is 0.225 e. The Morgan fingerprint density at radius 1 is 1.23 bits per heavy atom. The molecule has 0 saturated carbocycles. The van der Waals surface area contributed by atoms with Crippen LogP contribution in [0.3, 0.4) is 0 Å². The van der Waals surface area contributed by atoms with Crippen LogP contribution in [-0.4, -0.2) is 21.1 Å². The van der Waals surface area contributed by atoms with Crippen LogP contribution in [0.25, 0.3) is 11.3 Å². The Morgan fingerprint density at radius 2 is 1.96 bits per heavy atom. The summed E-state index contributed by atoms with van der Waals surface area (Å²) in [5.74, 6) is -1.31. The molecule has 134 valence electrons. The number of H-pyrrole nitrogens is 1. The number of rotatable bonds is 5. The van der Waals surface area contributed by atoms with E-state index in [9.17, 15) is 13.6 Å². The first-order valence-electron chi connectivity index (χ1n) is 7.84. The number of anilines is 1. The van der Waals surface area contributed by atoms with Crippen LogP contribution >= 0.6 is 11.6 Å². The lowest BCUT2D eigenvalue weighted by Crippen LogP contribution is -2.13. The molecule has 0 spiro atoms. The third kappa shape index (κ3) is 3.88. The van der Waals surface area contributed by atoms with Crippen molar-refractivity contribution in [3.05, 3.63) is 64.4 Å². The fraction of sp³-hybridized carbons (Fsp3) is 0.167. The Balaban J connectivity index is 1.66. The maximum absolute atomic E-state index is 13.8. The van der Waals surface area contributed by atoms with Gasteiger partial charge in [0.1, 0.15) is 11.6 Å². The minimum Gasteiger partial charge on any atom is -0.309 e. The molecule has 1 amide bonds. The fourth-order valence-electron chi connectivity index (χ4n) is 2.52. The van der Waals surface area contributed by atoms with Crippen molar-refractivity contribution in [2.24, 2.45) is 0 Å². The van der Waals surface area contributed by atoms with Crippen LogP contribution in [0.15, 0.2) is 36.7 Å². The van der Waals surface area contributed by atoms with Gasteiger partial charge < -0.3 is 5.32 Å². The van der Waals surface area contributed by atoms with Gasteiger partial charge in [-0.25, -0.2) is 8.78 Å². The lowest BCUT2D eigenvalue weighted by Gasteiger charge is -2.06. The third-order valence-electron chi connectivity index (χ3n) is 3.95. The fourth-order valence-corrected chi connectivity index (χ4v) is 2.67. The molecule has 0 unspecified atom stereocenters. The molecule has 26 heavy (non-hydrogen) atoms. The van der Waals surface area contributed by atoms with Crippen molar-refractivity contribution >= 4 is 23.3 Å². The lowest BCUT2D eigenvalue weighted by molar-refractivity contribution is -0.116. The van der Waals surface area contributed by atoms with E-state index in [1.165, 1.54) is 0 Å². The Bertz CT molecular complexity index is 944. The van der Waals surface area contributed by atoms with Crippen molar-refractivity contribution in [3.8, 4) is 11.3 Å². The summed E-state index contributed by atoms with van der Waals surface area (Å²) in [7, 11) is 0. The molecule has 0 aliphatic heterocycles. The van der Waals surface area contributed by atoms with Crippen LogP contribution in [-0.2, 0) is 11.2 Å². The van der Waals surface area contributed by atoms with Crippen molar-refractivity contribution in [2.45, 2.75) is 19.8 Å². The molecule has 0 bridgehead atoms. The van der Waals surface area contributed by atoms with Gasteiger partial charge in [-0.2, -0.15) is 5.10 Å². The second-order valence-electron chi connectivity index (χ2n) is 5.71. The van der Waals surface area contributed by atoms with E-state index in [1.54, 1.807) is 12.4 Å². The highest BCUT2D eigenvalue weighted by Gasteiger charge is 2.14. The molecule has 0 atom stereocenters. The average Bonchev–Trinajstić information content (AvgIpc) is 2.98. The molecule has 2 aromatic heterocycles. The number of halogens is 3. The van der Waals surface area contributed by atoms with Crippen molar-refractivity contribution in [3.63, 3.8) is 0 Å². The first-order chi connectivity index (χ1) is 12.5. The molecule has 0 saturated heterocycles. The van der Waals surface area contributed by atoms with Gasteiger partial charge >= 0.3 is 0 Å². The van der Waals surface area contributed by atoms with Crippen molar-refractivity contribution in [1.29, 1.82) is 0 Å². The van der Waals surface area contributed by atoms with E-state index in [1.807, 2.05) is 19.1 Å². The summed E-state index contributed by atoms with van der Waals surface area (Å²) >= 11 is 5.52. The van der Waals surface area contributed by atoms with E-state index in [0.717, 1.165) is 29.0 Å². The predicted molar refractivity (Wildman–Crippen MR) is 94.9 cm³/mol. The molecule has 2 N–H and O–H groups in total. The largest absolute Gasteiger partial charge is 0.309 e. The normalized spacial score (nSPS) is 10.8. The SMILES string of the molecule is Cc1c(NC(=O)CCc2cc(F)c(Cl)cc2F)n[nH]c1-c1ccncc1. The van der Waals surface area contributed by atoms with Crippen LogP contribution in [0.4, 0.5) is 14.6 Å². The number of nitrogens with one attached hydrogen (secondary N) is 2. The smallest absolute Gasteiger partial charge is 0.225 e. The molecule has 0 aliphatic carbocycles. The topological polar surface area (TPSA) is 70.7 Å². The zero-order chi connectivity index (χ0) is 18.7. The Kier molecular flexibility index (Phi) is 5.27. The summed E-state index contributed by atoms with van der Waals surface area (Å²) in [5, 5.41) is 9.37. The quantitative estimate of drug-likeness (QED) is 0.653. The van der Waals surface area contributed by atoms with Gasteiger partial charge in [0.2, 0.25) is 5.91 Å². The first-order valence-corrected chi connectivity index (χ1v) is 8.22. The molecule has 2 heterocycles. The summed E-state index contributed by atoms with van der Waals surface area (Å²) in [6.45, 7) is 1.82. The molecular weight excluding hydrogens is 362 g/mol. The van der Waals surface area contributed by atoms with E-state index in [2.05, 4.69) is 20.5 Å². The van der Waals surface area contributed by atoms with Crippen LogP contribution in [0, 0.1) is 18.6 Å². The lowest BCUT2D eigenvalue weighted by atomic mass is 10.1. The van der Waals surface area contributed by atoms with E-state index in [0.29, 0.717) is 5.82 Å². The molecule has 0 aliphatic rings. The number of aromatic nitrogens is 3. The summed E-state index contributed by atoms with van der Waals surface area (Å²) in [6, 6.07) is 5.56.